The van der Waals surface area contributed by atoms with Gasteiger partial charge in [0, 0.05) is 12.4 Å². The molecule has 68 valence electrons. The third-order valence-corrected chi connectivity index (χ3v) is 2.75. The minimum Gasteiger partial charge on any atom is -0.298 e. The van der Waals surface area contributed by atoms with E-state index >= 15 is 0 Å². The van der Waals surface area contributed by atoms with Gasteiger partial charge in [0.25, 0.3) is 0 Å². The number of hydrogen-bond donors (Lipinski definition) is 0. The number of ketones is 1. The van der Waals surface area contributed by atoms with Crippen LogP contribution in [0.3, 0.4) is 0 Å². The molecule has 3 nitrogen and oxygen atoms in total. The van der Waals surface area contributed by atoms with Crippen molar-refractivity contribution in [2.75, 3.05) is 5.33 Å². The summed E-state index contributed by atoms with van der Waals surface area (Å²) < 4.78 is 0. The first kappa shape index (κ1) is 8.69. The third kappa shape index (κ3) is 1.46. The summed E-state index contributed by atoms with van der Waals surface area (Å²) in [5.74, 6) is 0.0803. The summed E-state index contributed by atoms with van der Waals surface area (Å²) >= 11 is 3.17. The minimum absolute atomic E-state index is 0.0926. The fourth-order valence-corrected chi connectivity index (χ4v) is 1.88. The summed E-state index contributed by atoms with van der Waals surface area (Å²) in [6.07, 6.45) is 9.45. The van der Waals surface area contributed by atoms with E-state index in [4.69, 9.17) is 0 Å². The smallest absolute Gasteiger partial charge is 0.154 e. The van der Waals surface area contributed by atoms with Gasteiger partial charge in [0.15, 0.2) is 5.78 Å². The Bertz CT molecular complexity index is 309. The van der Waals surface area contributed by atoms with E-state index in [-0.39, 0.29) is 17.7 Å². The fourth-order valence-electron chi connectivity index (χ4n) is 1.50. The van der Waals surface area contributed by atoms with Gasteiger partial charge in [0.1, 0.15) is 0 Å². The van der Waals surface area contributed by atoms with E-state index in [0.29, 0.717) is 5.33 Å². The van der Waals surface area contributed by atoms with E-state index in [0.717, 1.165) is 0 Å². The predicted octanol–water partition coefficient (Wildman–Crippen LogP) is 1.32. The molecule has 0 radical (unpaired) electrons. The van der Waals surface area contributed by atoms with Crippen molar-refractivity contribution in [2.24, 2.45) is 11.0 Å². The van der Waals surface area contributed by atoms with Gasteiger partial charge in [-0.1, -0.05) is 28.1 Å². The molecule has 2 heterocycles. The van der Waals surface area contributed by atoms with Crippen LogP contribution in [0.2, 0.25) is 0 Å². The van der Waals surface area contributed by atoms with Crippen LogP contribution in [0.5, 0.6) is 0 Å². The van der Waals surface area contributed by atoms with E-state index in [2.05, 4.69) is 21.0 Å². The first-order chi connectivity index (χ1) is 6.33. The highest BCUT2D eigenvalue weighted by atomic mass is 79.9. The Morgan fingerprint density at radius 2 is 2.38 bits per heavy atom. The van der Waals surface area contributed by atoms with E-state index < -0.39 is 0 Å². The summed E-state index contributed by atoms with van der Waals surface area (Å²) in [5, 5.41) is 6.34. The zero-order chi connectivity index (χ0) is 9.26. The minimum atomic E-state index is -0.0967. The topological polar surface area (TPSA) is 32.7 Å². The highest BCUT2D eigenvalue weighted by Crippen LogP contribution is 2.23. The molecular weight excluding hydrogens is 232 g/mol. The molecular formula is C9H9BrN2O. The van der Waals surface area contributed by atoms with E-state index in [1.165, 1.54) is 0 Å². The molecule has 0 saturated carbocycles. The molecule has 0 spiro atoms. The fraction of sp³-hybridized carbons (Fsp3) is 0.333. The molecule has 0 amide bonds. The molecule has 2 atom stereocenters. The second-order valence-corrected chi connectivity index (χ2v) is 3.55. The molecule has 2 aliphatic rings. The van der Waals surface area contributed by atoms with Crippen molar-refractivity contribution in [3.05, 3.63) is 24.4 Å². The molecule has 0 aromatic carbocycles. The summed E-state index contributed by atoms with van der Waals surface area (Å²) in [6, 6.07) is 0.0926. The van der Waals surface area contributed by atoms with Crippen LogP contribution in [0, 0.1) is 5.92 Å². The molecule has 0 aliphatic carbocycles. The zero-order valence-corrected chi connectivity index (χ0v) is 8.52. The number of alkyl halides is 1. The number of nitrogens with zero attached hydrogens (tertiary/aromatic N) is 2. The van der Waals surface area contributed by atoms with Crippen LogP contribution in [-0.2, 0) is 4.79 Å². The van der Waals surface area contributed by atoms with Gasteiger partial charge in [-0.2, -0.15) is 5.10 Å². The van der Waals surface area contributed by atoms with Gasteiger partial charge in [0.2, 0.25) is 0 Å². The van der Waals surface area contributed by atoms with Gasteiger partial charge in [-0.25, -0.2) is 0 Å². The lowest BCUT2D eigenvalue weighted by Crippen LogP contribution is -2.33. The molecule has 2 aliphatic heterocycles. The second-order valence-electron chi connectivity index (χ2n) is 2.99. The molecule has 13 heavy (non-hydrogen) atoms. The van der Waals surface area contributed by atoms with Crippen LogP contribution < -0.4 is 0 Å². The average Bonchev–Trinajstić information content (AvgIpc) is 2.60. The average molecular weight is 241 g/mol. The summed E-state index contributed by atoms with van der Waals surface area (Å²) in [6.45, 7) is 0. The van der Waals surface area contributed by atoms with E-state index in [9.17, 15) is 4.79 Å². The molecule has 0 fully saturated rings. The largest absolute Gasteiger partial charge is 0.298 e. The lowest BCUT2D eigenvalue weighted by molar-refractivity contribution is -0.118. The second kappa shape index (κ2) is 3.46. The van der Waals surface area contributed by atoms with Crippen LogP contribution in [0.25, 0.3) is 0 Å². The van der Waals surface area contributed by atoms with Gasteiger partial charge in [-0.3, -0.25) is 9.80 Å². The van der Waals surface area contributed by atoms with E-state index in [1.807, 2.05) is 29.4 Å². The van der Waals surface area contributed by atoms with Crippen molar-refractivity contribution in [3.8, 4) is 0 Å². The molecule has 0 aromatic rings. The number of halogens is 1. The number of fused-ring (bicyclic) bond motifs is 1. The normalized spacial score (nSPS) is 29.5. The molecule has 0 bridgehead atoms. The van der Waals surface area contributed by atoms with E-state index in [1.54, 1.807) is 6.21 Å². The number of carbonyl (C=O) groups excluding carboxylic acids is 1. The molecule has 4 heteroatoms. The molecule has 0 aromatic heterocycles. The van der Waals surface area contributed by atoms with Crippen LogP contribution in [0.15, 0.2) is 29.5 Å². The number of hydrazone groups is 1. The molecule has 0 N–H and O–H groups in total. The number of allylic oxidation sites excluding steroid dienone is 2. The van der Waals surface area contributed by atoms with Crippen molar-refractivity contribution < 1.29 is 4.79 Å². The first-order valence-electron chi connectivity index (χ1n) is 4.09. The van der Waals surface area contributed by atoms with Gasteiger partial charge in [0.05, 0.1) is 17.3 Å². The standard InChI is InChI=1S/C9H9BrN2O/c10-5-9(13)7-6-11-12-4-2-1-3-8(7)12/h1-4,6-8H,5H2. The SMILES string of the molecule is O=C(CBr)C1C=NN2C=CC=CC12. The Morgan fingerprint density at radius 3 is 3.15 bits per heavy atom. The quantitative estimate of drug-likeness (QED) is 0.683. The zero-order valence-electron chi connectivity index (χ0n) is 6.93. The van der Waals surface area contributed by atoms with Crippen molar-refractivity contribution in [2.45, 2.75) is 6.04 Å². The predicted molar refractivity (Wildman–Crippen MR) is 54.7 cm³/mol. The molecule has 0 saturated heterocycles. The van der Waals surface area contributed by atoms with Gasteiger partial charge < -0.3 is 0 Å². The Kier molecular flexibility index (Phi) is 2.31. The van der Waals surface area contributed by atoms with Crippen molar-refractivity contribution in [1.82, 2.24) is 5.01 Å². The third-order valence-electron chi connectivity index (χ3n) is 2.20. The lowest BCUT2D eigenvalue weighted by atomic mass is 9.97. The van der Waals surface area contributed by atoms with Crippen LogP contribution >= 0.6 is 15.9 Å². The highest BCUT2D eigenvalue weighted by Gasteiger charge is 2.32. The number of carbonyl (C=O) groups is 1. The summed E-state index contributed by atoms with van der Waals surface area (Å²) in [4.78, 5) is 11.4. The van der Waals surface area contributed by atoms with Crippen LogP contribution in [-0.4, -0.2) is 28.4 Å². The Balaban J connectivity index is 2.17. The summed E-state index contributed by atoms with van der Waals surface area (Å²) in [7, 11) is 0. The maximum absolute atomic E-state index is 11.4. The monoisotopic (exact) mass is 240 g/mol. The van der Waals surface area contributed by atoms with Crippen molar-refractivity contribution in [1.29, 1.82) is 0 Å². The first-order valence-corrected chi connectivity index (χ1v) is 5.21. The Hall–Kier alpha value is -0.900. The number of rotatable bonds is 2. The number of hydrogen-bond acceptors (Lipinski definition) is 3. The Labute approximate surface area is 84.9 Å². The number of Topliss-reactive ketones (excluding diaryl/α,β-unsaturated/α-hetero) is 1. The summed E-state index contributed by atoms with van der Waals surface area (Å²) in [5.41, 5.74) is 0. The molecule has 2 rings (SSSR count). The lowest BCUT2D eigenvalue weighted by Gasteiger charge is -2.22. The van der Waals surface area contributed by atoms with Crippen LogP contribution in [0.1, 0.15) is 0 Å². The van der Waals surface area contributed by atoms with Gasteiger partial charge in [-0.15, -0.1) is 0 Å². The Morgan fingerprint density at radius 1 is 1.54 bits per heavy atom. The van der Waals surface area contributed by atoms with Gasteiger partial charge >= 0.3 is 0 Å². The maximum Gasteiger partial charge on any atom is 0.154 e. The molecule has 2 unspecified atom stereocenters. The van der Waals surface area contributed by atoms with Crippen LogP contribution in [0.4, 0.5) is 0 Å². The van der Waals surface area contributed by atoms with Gasteiger partial charge in [-0.05, 0) is 6.08 Å². The van der Waals surface area contributed by atoms with Crippen molar-refractivity contribution >= 4 is 27.9 Å². The van der Waals surface area contributed by atoms with Crippen molar-refractivity contribution in [3.63, 3.8) is 0 Å². The maximum atomic E-state index is 11.4. The highest BCUT2D eigenvalue weighted by molar-refractivity contribution is 9.09.